The summed E-state index contributed by atoms with van der Waals surface area (Å²) in [5.74, 6) is -0.553. The minimum atomic E-state index is -0.425. The van der Waals surface area contributed by atoms with Gasteiger partial charge in [0.25, 0.3) is 5.91 Å². The second-order valence-corrected chi connectivity index (χ2v) is 4.79. The molecule has 1 aliphatic rings. The van der Waals surface area contributed by atoms with Crippen LogP contribution >= 0.6 is 15.9 Å². The third-order valence-corrected chi connectivity index (χ3v) is 3.11. The van der Waals surface area contributed by atoms with Crippen molar-refractivity contribution in [2.24, 2.45) is 0 Å². The Labute approximate surface area is 95.4 Å². The molecule has 1 amide bonds. The van der Waals surface area contributed by atoms with Crippen LogP contribution in [0.3, 0.4) is 0 Å². The predicted molar refractivity (Wildman–Crippen MR) is 57.4 cm³/mol. The zero-order valence-electron chi connectivity index (χ0n) is 7.99. The van der Waals surface area contributed by atoms with Crippen LogP contribution in [0.5, 0.6) is 0 Å². The third-order valence-electron chi connectivity index (χ3n) is 2.36. The lowest BCUT2D eigenvalue weighted by atomic mass is 10.3. The summed E-state index contributed by atoms with van der Waals surface area (Å²) in [4.78, 5) is 17.7. The first kappa shape index (κ1) is 10.5. The number of rotatable bonds is 1. The smallest absolute Gasteiger partial charge is 0.272 e. The van der Waals surface area contributed by atoms with E-state index in [1.807, 2.05) is 0 Å². The average molecular weight is 273 g/mol. The highest BCUT2D eigenvalue weighted by atomic mass is 79.9. The van der Waals surface area contributed by atoms with Crippen LogP contribution in [0.2, 0.25) is 0 Å². The van der Waals surface area contributed by atoms with E-state index in [0.717, 1.165) is 19.2 Å². The van der Waals surface area contributed by atoms with E-state index in [9.17, 15) is 9.18 Å². The number of hydrogen-bond donors (Lipinski definition) is 0. The maximum Gasteiger partial charge on any atom is 0.272 e. The quantitative estimate of drug-likeness (QED) is 0.731. The number of amides is 1. The maximum atomic E-state index is 12.6. The van der Waals surface area contributed by atoms with E-state index in [1.54, 1.807) is 4.90 Å². The van der Waals surface area contributed by atoms with Gasteiger partial charge in [0.05, 0.1) is 6.20 Å². The lowest BCUT2D eigenvalue weighted by Crippen LogP contribution is -2.29. The van der Waals surface area contributed by atoms with Gasteiger partial charge in [0.15, 0.2) is 0 Å². The molecule has 1 aliphatic heterocycles. The Kier molecular flexibility index (Phi) is 3.00. The topological polar surface area (TPSA) is 33.2 Å². The van der Waals surface area contributed by atoms with Crippen molar-refractivity contribution in [3.63, 3.8) is 0 Å². The lowest BCUT2D eigenvalue weighted by molar-refractivity contribution is 0.0787. The molecule has 0 aliphatic carbocycles. The Balaban J connectivity index is 2.11. The maximum absolute atomic E-state index is 12.6. The van der Waals surface area contributed by atoms with Crippen molar-refractivity contribution < 1.29 is 9.18 Å². The molecule has 1 saturated heterocycles. The molecule has 80 valence electrons. The van der Waals surface area contributed by atoms with Crippen molar-refractivity contribution in [2.45, 2.75) is 11.2 Å². The molecule has 0 spiro atoms. The fourth-order valence-corrected chi connectivity index (χ4v) is 2.12. The minimum absolute atomic E-state index is 0.128. The number of pyridine rings is 1. The zero-order valence-corrected chi connectivity index (χ0v) is 9.58. The van der Waals surface area contributed by atoms with Gasteiger partial charge in [-0.2, -0.15) is 0 Å². The number of carbonyl (C=O) groups excluding carboxylic acids is 1. The normalized spacial score (nSPS) is 20.7. The van der Waals surface area contributed by atoms with Gasteiger partial charge in [-0.1, -0.05) is 15.9 Å². The zero-order chi connectivity index (χ0) is 10.8. The van der Waals surface area contributed by atoms with Crippen molar-refractivity contribution in [3.8, 4) is 0 Å². The van der Waals surface area contributed by atoms with Crippen LogP contribution in [0, 0.1) is 5.82 Å². The molecule has 0 aromatic carbocycles. The highest BCUT2D eigenvalue weighted by Gasteiger charge is 2.25. The number of nitrogens with zero attached hydrogens (tertiary/aromatic N) is 2. The van der Waals surface area contributed by atoms with Crippen molar-refractivity contribution in [1.82, 2.24) is 9.88 Å². The predicted octanol–water partition coefficient (Wildman–Crippen LogP) is 1.83. The first-order chi connectivity index (χ1) is 7.16. The van der Waals surface area contributed by atoms with Gasteiger partial charge >= 0.3 is 0 Å². The molecular formula is C10H10BrFN2O. The van der Waals surface area contributed by atoms with E-state index < -0.39 is 5.82 Å². The number of carbonyl (C=O) groups is 1. The number of alkyl halides is 1. The fraction of sp³-hybridized carbons (Fsp3) is 0.400. The van der Waals surface area contributed by atoms with Crippen molar-refractivity contribution in [3.05, 3.63) is 29.8 Å². The van der Waals surface area contributed by atoms with Gasteiger partial charge in [-0.25, -0.2) is 9.37 Å². The first-order valence-corrected chi connectivity index (χ1v) is 5.63. The van der Waals surface area contributed by atoms with E-state index in [0.29, 0.717) is 17.1 Å². The van der Waals surface area contributed by atoms with E-state index in [2.05, 4.69) is 20.9 Å². The molecule has 15 heavy (non-hydrogen) atoms. The minimum Gasteiger partial charge on any atom is -0.336 e. The van der Waals surface area contributed by atoms with Crippen molar-refractivity contribution >= 4 is 21.8 Å². The molecule has 2 heterocycles. The second kappa shape index (κ2) is 4.26. The van der Waals surface area contributed by atoms with Crippen LogP contribution in [0.25, 0.3) is 0 Å². The Bertz CT molecular complexity index is 368. The molecule has 1 atom stereocenters. The first-order valence-electron chi connectivity index (χ1n) is 4.72. The molecule has 5 heteroatoms. The molecule has 0 bridgehead atoms. The van der Waals surface area contributed by atoms with Gasteiger partial charge in [-0.15, -0.1) is 0 Å². The highest BCUT2D eigenvalue weighted by Crippen LogP contribution is 2.18. The summed E-state index contributed by atoms with van der Waals surface area (Å²) in [6, 6.07) is 2.67. The molecule has 0 radical (unpaired) electrons. The molecule has 1 unspecified atom stereocenters. The summed E-state index contributed by atoms with van der Waals surface area (Å²) in [6.07, 6.45) is 2.02. The standard InChI is InChI=1S/C10H10BrFN2O/c11-7-3-4-14(6-7)10(15)9-2-1-8(12)5-13-9/h1-2,5,7H,3-4,6H2. The summed E-state index contributed by atoms with van der Waals surface area (Å²) in [5.41, 5.74) is 0.304. The Hall–Kier alpha value is -0.970. The molecule has 0 N–H and O–H groups in total. The Morgan fingerprint density at radius 1 is 1.60 bits per heavy atom. The molecule has 1 aromatic rings. The highest BCUT2D eigenvalue weighted by molar-refractivity contribution is 9.09. The Morgan fingerprint density at radius 2 is 2.40 bits per heavy atom. The summed E-state index contributed by atoms with van der Waals surface area (Å²) < 4.78 is 12.6. The number of hydrogen-bond acceptors (Lipinski definition) is 2. The SMILES string of the molecule is O=C(c1ccc(F)cn1)N1CCC(Br)C1. The third kappa shape index (κ3) is 2.34. The molecular weight excluding hydrogens is 263 g/mol. The molecule has 1 fully saturated rings. The van der Waals surface area contributed by atoms with Crippen LogP contribution in [-0.4, -0.2) is 33.7 Å². The fourth-order valence-electron chi connectivity index (χ4n) is 1.57. The van der Waals surface area contributed by atoms with Gasteiger partial charge in [-0.05, 0) is 18.6 Å². The van der Waals surface area contributed by atoms with Gasteiger partial charge in [0.1, 0.15) is 11.5 Å². The molecule has 1 aromatic heterocycles. The van der Waals surface area contributed by atoms with Crippen molar-refractivity contribution in [1.29, 1.82) is 0 Å². The van der Waals surface area contributed by atoms with E-state index in [1.165, 1.54) is 12.1 Å². The van der Waals surface area contributed by atoms with Gasteiger partial charge in [0.2, 0.25) is 0 Å². The molecule has 3 nitrogen and oxygen atoms in total. The molecule has 2 rings (SSSR count). The average Bonchev–Trinajstić information content (AvgIpc) is 2.65. The van der Waals surface area contributed by atoms with E-state index in [4.69, 9.17) is 0 Å². The Morgan fingerprint density at radius 3 is 2.93 bits per heavy atom. The van der Waals surface area contributed by atoms with Crippen molar-refractivity contribution in [2.75, 3.05) is 13.1 Å². The van der Waals surface area contributed by atoms with Crippen LogP contribution in [0.4, 0.5) is 4.39 Å². The molecule has 0 saturated carbocycles. The summed E-state index contributed by atoms with van der Waals surface area (Å²) in [7, 11) is 0. The number of aromatic nitrogens is 1. The van der Waals surface area contributed by atoms with E-state index in [-0.39, 0.29) is 5.91 Å². The van der Waals surface area contributed by atoms with Gasteiger partial charge in [-0.3, -0.25) is 4.79 Å². The monoisotopic (exact) mass is 272 g/mol. The number of likely N-dealkylation sites (tertiary alicyclic amines) is 1. The largest absolute Gasteiger partial charge is 0.336 e. The summed E-state index contributed by atoms with van der Waals surface area (Å²) in [5, 5.41) is 0. The summed E-state index contributed by atoms with van der Waals surface area (Å²) >= 11 is 3.46. The summed E-state index contributed by atoms with van der Waals surface area (Å²) in [6.45, 7) is 1.42. The lowest BCUT2D eigenvalue weighted by Gasteiger charge is -2.14. The van der Waals surface area contributed by atoms with Crippen LogP contribution in [-0.2, 0) is 0 Å². The van der Waals surface area contributed by atoms with Crippen LogP contribution < -0.4 is 0 Å². The van der Waals surface area contributed by atoms with Crippen LogP contribution in [0.15, 0.2) is 18.3 Å². The van der Waals surface area contributed by atoms with Gasteiger partial charge < -0.3 is 4.90 Å². The van der Waals surface area contributed by atoms with E-state index >= 15 is 0 Å². The second-order valence-electron chi connectivity index (χ2n) is 3.50. The number of halogens is 2. The van der Waals surface area contributed by atoms with Crippen LogP contribution in [0.1, 0.15) is 16.9 Å². The van der Waals surface area contributed by atoms with Gasteiger partial charge in [0, 0.05) is 17.9 Å².